The van der Waals surface area contributed by atoms with Gasteiger partial charge in [-0.15, -0.1) is 0 Å². The molecule has 1 aromatic heterocycles. The molecule has 0 aromatic carbocycles. The van der Waals surface area contributed by atoms with Gasteiger partial charge in [0.1, 0.15) is 0 Å². The molecule has 0 aliphatic heterocycles. The molecule has 0 aliphatic rings. The van der Waals surface area contributed by atoms with Gasteiger partial charge < -0.3 is 15.0 Å². The van der Waals surface area contributed by atoms with E-state index in [1.54, 1.807) is 4.90 Å². The smallest absolute Gasteiger partial charge is 0.422 e. The Morgan fingerprint density at radius 3 is 2.29 bits per heavy atom. The quantitative estimate of drug-likeness (QED) is 0.796. The molecule has 0 fully saturated rings. The predicted octanol–water partition coefficient (Wildman–Crippen LogP) is 2.48. The van der Waals surface area contributed by atoms with Crippen LogP contribution >= 0.6 is 0 Å². The molecule has 1 rings (SSSR count). The number of alkyl halides is 3. The summed E-state index contributed by atoms with van der Waals surface area (Å²) in [7, 11) is 0. The summed E-state index contributed by atoms with van der Waals surface area (Å²) in [6, 6.07) is -0.331. The van der Waals surface area contributed by atoms with E-state index in [0.717, 1.165) is 6.42 Å². The van der Waals surface area contributed by atoms with Crippen LogP contribution in [0.5, 0.6) is 6.01 Å². The number of rotatable bonds is 8. The van der Waals surface area contributed by atoms with Crippen molar-refractivity contribution < 1.29 is 17.9 Å². The summed E-state index contributed by atoms with van der Waals surface area (Å²) < 4.78 is 41.3. The van der Waals surface area contributed by atoms with E-state index >= 15 is 0 Å². The van der Waals surface area contributed by atoms with E-state index in [2.05, 4.69) is 25.0 Å². The fourth-order valence-corrected chi connectivity index (χ4v) is 1.52. The molecule has 120 valence electrons. The Balaban J connectivity index is 2.96. The highest BCUT2D eigenvalue weighted by Gasteiger charge is 2.29. The van der Waals surface area contributed by atoms with Crippen LogP contribution in [-0.2, 0) is 0 Å². The van der Waals surface area contributed by atoms with Gasteiger partial charge in [-0.1, -0.05) is 6.92 Å². The minimum Gasteiger partial charge on any atom is -0.454 e. The van der Waals surface area contributed by atoms with Gasteiger partial charge >= 0.3 is 12.2 Å². The maximum Gasteiger partial charge on any atom is 0.422 e. The number of nitrogens with zero attached hydrogens (tertiary/aromatic N) is 4. The van der Waals surface area contributed by atoms with Crippen molar-refractivity contribution in [3.63, 3.8) is 0 Å². The Kier molecular flexibility index (Phi) is 6.44. The predicted molar refractivity (Wildman–Crippen MR) is 73.7 cm³/mol. The van der Waals surface area contributed by atoms with E-state index in [1.165, 1.54) is 0 Å². The first kappa shape index (κ1) is 17.3. The van der Waals surface area contributed by atoms with Gasteiger partial charge in [0.15, 0.2) is 6.61 Å². The molecule has 0 radical (unpaired) electrons. The largest absolute Gasteiger partial charge is 0.454 e. The molecule has 1 aromatic rings. The summed E-state index contributed by atoms with van der Waals surface area (Å²) in [5, 5.41) is 2.93. The van der Waals surface area contributed by atoms with Crippen LogP contribution in [0.4, 0.5) is 25.1 Å². The van der Waals surface area contributed by atoms with Crippen LogP contribution in [-0.4, -0.2) is 47.4 Å². The normalized spacial score (nSPS) is 11.3. The Labute approximate surface area is 121 Å². The molecule has 0 bridgehead atoms. The highest BCUT2D eigenvalue weighted by atomic mass is 19.4. The van der Waals surface area contributed by atoms with Gasteiger partial charge in [0, 0.05) is 19.6 Å². The minimum atomic E-state index is -4.43. The van der Waals surface area contributed by atoms with Gasteiger partial charge in [-0.3, -0.25) is 0 Å². The van der Waals surface area contributed by atoms with Crippen LogP contribution in [0.1, 0.15) is 27.2 Å². The Morgan fingerprint density at radius 2 is 1.76 bits per heavy atom. The second-order valence-electron chi connectivity index (χ2n) is 4.24. The minimum absolute atomic E-state index is 0.214. The van der Waals surface area contributed by atoms with Crippen LogP contribution in [0.25, 0.3) is 0 Å². The van der Waals surface area contributed by atoms with Crippen molar-refractivity contribution in [2.24, 2.45) is 0 Å². The molecule has 9 heteroatoms. The lowest BCUT2D eigenvalue weighted by Gasteiger charge is -2.19. The zero-order valence-electron chi connectivity index (χ0n) is 12.4. The summed E-state index contributed by atoms with van der Waals surface area (Å²) in [6.07, 6.45) is -3.59. The van der Waals surface area contributed by atoms with Crippen LogP contribution in [0, 0.1) is 0 Å². The lowest BCUT2D eigenvalue weighted by atomic mass is 10.5. The highest BCUT2D eigenvalue weighted by Crippen LogP contribution is 2.19. The van der Waals surface area contributed by atoms with E-state index in [0.29, 0.717) is 25.6 Å². The third kappa shape index (κ3) is 6.01. The first-order valence-electron chi connectivity index (χ1n) is 6.84. The molecule has 6 nitrogen and oxygen atoms in total. The number of aromatic nitrogens is 3. The summed E-state index contributed by atoms with van der Waals surface area (Å²) in [5.74, 6) is 0.511. The van der Waals surface area contributed by atoms with Crippen LogP contribution in [0.2, 0.25) is 0 Å². The average molecular weight is 307 g/mol. The SMILES string of the molecule is CCCNc1nc(OCC(F)(F)F)nc(N(CC)CC)n1. The maximum absolute atomic E-state index is 12.2. The fourth-order valence-electron chi connectivity index (χ4n) is 1.52. The van der Waals surface area contributed by atoms with E-state index in [-0.39, 0.29) is 12.0 Å². The third-order valence-electron chi connectivity index (χ3n) is 2.55. The molecule has 0 aliphatic carbocycles. The topological polar surface area (TPSA) is 63.2 Å². The van der Waals surface area contributed by atoms with E-state index in [4.69, 9.17) is 0 Å². The highest BCUT2D eigenvalue weighted by molar-refractivity contribution is 5.38. The van der Waals surface area contributed by atoms with Gasteiger partial charge in [0.25, 0.3) is 0 Å². The molecule has 0 unspecified atom stereocenters. The standard InChI is InChI=1S/C12H20F3N5O/c1-4-7-16-9-17-10(20(5-2)6-3)19-11(18-9)21-8-12(13,14)15/h4-8H2,1-3H3,(H,16,17,18,19). The number of ether oxygens (including phenoxy) is 1. The summed E-state index contributed by atoms with van der Waals surface area (Å²) >= 11 is 0. The average Bonchev–Trinajstić information content (AvgIpc) is 2.43. The fraction of sp³-hybridized carbons (Fsp3) is 0.750. The van der Waals surface area contributed by atoms with Crippen molar-refractivity contribution in [3.8, 4) is 6.01 Å². The molecule has 1 N–H and O–H groups in total. The number of halogens is 3. The lowest BCUT2D eigenvalue weighted by Crippen LogP contribution is -2.26. The van der Waals surface area contributed by atoms with E-state index in [1.807, 2.05) is 20.8 Å². The zero-order chi connectivity index (χ0) is 15.9. The lowest BCUT2D eigenvalue weighted by molar-refractivity contribution is -0.154. The summed E-state index contributed by atoms with van der Waals surface area (Å²) in [5.41, 5.74) is 0. The second-order valence-corrected chi connectivity index (χ2v) is 4.24. The van der Waals surface area contributed by atoms with Crippen molar-refractivity contribution in [2.75, 3.05) is 36.5 Å². The number of anilines is 2. The van der Waals surface area contributed by atoms with E-state index in [9.17, 15) is 13.2 Å². The third-order valence-corrected chi connectivity index (χ3v) is 2.55. The van der Waals surface area contributed by atoms with E-state index < -0.39 is 12.8 Å². The van der Waals surface area contributed by atoms with Gasteiger partial charge in [0.05, 0.1) is 0 Å². The molecule has 0 spiro atoms. The first-order valence-corrected chi connectivity index (χ1v) is 6.84. The Bertz CT molecular complexity index is 437. The Hall–Kier alpha value is -1.80. The van der Waals surface area contributed by atoms with Crippen LogP contribution in [0.15, 0.2) is 0 Å². The van der Waals surface area contributed by atoms with Gasteiger partial charge in [-0.05, 0) is 20.3 Å². The second kappa shape index (κ2) is 7.84. The summed E-state index contributed by atoms with van der Waals surface area (Å²) in [6.45, 7) is 6.22. The van der Waals surface area contributed by atoms with Crippen molar-refractivity contribution in [1.29, 1.82) is 0 Å². The van der Waals surface area contributed by atoms with Crippen LogP contribution in [0.3, 0.4) is 0 Å². The molecular formula is C12H20F3N5O. The van der Waals surface area contributed by atoms with Crippen molar-refractivity contribution in [3.05, 3.63) is 0 Å². The number of nitrogens with one attached hydrogen (secondary N) is 1. The maximum atomic E-state index is 12.2. The molecule has 1 heterocycles. The number of hydrogen-bond donors (Lipinski definition) is 1. The first-order chi connectivity index (χ1) is 9.89. The molecule has 0 saturated heterocycles. The molecule has 21 heavy (non-hydrogen) atoms. The number of hydrogen-bond acceptors (Lipinski definition) is 6. The molecular weight excluding hydrogens is 287 g/mol. The monoisotopic (exact) mass is 307 g/mol. The summed E-state index contributed by atoms with van der Waals surface area (Å²) in [4.78, 5) is 13.8. The van der Waals surface area contributed by atoms with Crippen molar-refractivity contribution >= 4 is 11.9 Å². The van der Waals surface area contributed by atoms with Gasteiger partial charge in [0.2, 0.25) is 11.9 Å². The molecule has 0 amide bonds. The van der Waals surface area contributed by atoms with Crippen molar-refractivity contribution in [1.82, 2.24) is 15.0 Å². The van der Waals surface area contributed by atoms with Gasteiger partial charge in [-0.25, -0.2) is 0 Å². The van der Waals surface area contributed by atoms with Gasteiger partial charge in [-0.2, -0.15) is 28.1 Å². The van der Waals surface area contributed by atoms with Crippen LogP contribution < -0.4 is 15.0 Å². The van der Waals surface area contributed by atoms with Crippen molar-refractivity contribution in [2.45, 2.75) is 33.4 Å². The molecule has 0 saturated carbocycles. The molecule has 0 atom stereocenters. The Morgan fingerprint density at radius 1 is 1.10 bits per heavy atom. The zero-order valence-corrected chi connectivity index (χ0v) is 12.4.